The number of nitrogens with zero attached hydrogens (tertiary/aromatic N) is 1. The maximum atomic E-state index is 13.8. The summed E-state index contributed by atoms with van der Waals surface area (Å²) in [5, 5.41) is 4.43. The van der Waals surface area contributed by atoms with E-state index in [1.165, 1.54) is 0 Å². The Morgan fingerprint density at radius 3 is 1.59 bits per heavy atom. The van der Waals surface area contributed by atoms with E-state index in [4.69, 9.17) is 0 Å². The van der Waals surface area contributed by atoms with Crippen LogP contribution < -0.4 is 5.32 Å². The van der Waals surface area contributed by atoms with Gasteiger partial charge in [0.1, 0.15) is 0 Å². The molecule has 0 atom stereocenters. The van der Waals surface area contributed by atoms with Gasteiger partial charge in [-0.05, 0) is 17.7 Å². The maximum absolute atomic E-state index is 13.8. The second kappa shape index (κ2) is 8.26. The molecule has 0 saturated carbocycles. The molecule has 0 bridgehead atoms. The molecule has 0 aliphatic carbocycles. The average Bonchev–Trinajstić information content (AvgIpc) is 2.66. The molecule has 0 aromatic heterocycles. The molecule has 1 aromatic rings. The Morgan fingerprint density at radius 2 is 1.18 bits per heavy atom. The summed E-state index contributed by atoms with van der Waals surface area (Å²) in [5.74, 6) is -51.3. The van der Waals surface area contributed by atoms with E-state index in [0.29, 0.717) is 23.5 Å². The van der Waals surface area contributed by atoms with Crippen LogP contribution in [-0.4, -0.2) is 51.7 Å². The molecule has 20 heteroatoms. The van der Waals surface area contributed by atoms with Crippen LogP contribution in [0.4, 0.5) is 72.8 Å². The highest BCUT2D eigenvalue weighted by Gasteiger charge is 2.93. The monoisotopic (exact) mass is 550 g/mol. The largest absolute Gasteiger partial charge is 0.393 e. The lowest BCUT2D eigenvalue weighted by Gasteiger charge is -2.41. The van der Waals surface area contributed by atoms with Crippen molar-refractivity contribution in [3.8, 4) is 0 Å². The van der Waals surface area contributed by atoms with Crippen LogP contribution in [0.5, 0.6) is 0 Å². The number of nitrogens with one attached hydrogen (secondary N) is 1. The number of benzene rings is 1. The number of halogens is 15. The van der Waals surface area contributed by atoms with Crippen LogP contribution >= 0.6 is 11.6 Å². The van der Waals surface area contributed by atoms with Crippen LogP contribution in [0.2, 0.25) is 0 Å². The molecule has 0 aliphatic rings. The van der Waals surface area contributed by atoms with Gasteiger partial charge in [-0.25, -0.2) is 0 Å². The molecule has 0 fully saturated rings. The van der Waals surface area contributed by atoms with Gasteiger partial charge in [-0.2, -0.15) is 61.5 Å². The number of hydrogen-bond acceptors (Lipinski definition) is 3. The van der Waals surface area contributed by atoms with Crippen LogP contribution in [-0.2, 0) is 4.79 Å². The minimum absolute atomic E-state index is 0.177. The fraction of sp³-hybridized carbons (Fsp3) is 0.500. The summed E-state index contributed by atoms with van der Waals surface area (Å²) < 4.78 is 186. The van der Waals surface area contributed by atoms with E-state index >= 15 is 0 Å². The highest BCUT2D eigenvalue weighted by atomic mass is 35.5. The predicted octanol–water partition coefficient (Wildman–Crippen LogP) is 6.18. The zero-order valence-corrected chi connectivity index (χ0v) is 15.9. The number of amides is 1. The first-order valence-corrected chi connectivity index (χ1v) is 8.08. The molecule has 1 rings (SSSR count). The van der Waals surface area contributed by atoms with Gasteiger partial charge in [0.25, 0.3) is 5.69 Å². The number of anilines is 1. The Hall–Kier alpha value is -2.60. The third-order valence-corrected chi connectivity index (χ3v) is 4.17. The second-order valence-electron chi connectivity index (χ2n) is 6.21. The highest BCUT2D eigenvalue weighted by molar-refractivity contribution is 6.22. The van der Waals surface area contributed by atoms with E-state index < -0.39 is 63.1 Å². The van der Waals surface area contributed by atoms with E-state index in [1.807, 2.05) is 0 Å². The van der Waals surface area contributed by atoms with Crippen molar-refractivity contribution in [2.24, 2.45) is 0 Å². The smallest absolute Gasteiger partial charge is 0.320 e. The fourth-order valence-corrected chi connectivity index (χ4v) is 2.13. The summed E-state index contributed by atoms with van der Waals surface area (Å²) in [5.41, 5.74) is -2.20. The van der Waals surface area contributed by atoms with Crippen LogP contribution in [0.1, 0.15) is 0 Å². The van der Waals surface area contributed by atoms with Crippen LogP contribution in [0, 0.1) is 10.1 Å². The van der Waals surface area contributed by atoms with Crippen molar-refractivity contribution in [1.82, 2.24) is 0 Å². The molecule has 1 N–H and O–H groups in total. The summed E-state index contributed by atoms with van der Waals surface area (Å²) in [4.78, 5) is 20.7. The van der Waals surface area contributed by atoms with Crippen LogP contribution in [0.3, 0.4) is 0 Å². The van der Waals surface area contributed by atoms with Crippen LogP contribution in [0.25, 0.3) is 0 Å². The third kappa shape index (κ3) is 4.17. The third-order valence-electron chi connectivity index (χ3n) is 3.93. The van der Waals surface area contributed by atoms with Gasteiger partial charge in [0.15, 0.2) is 0 Å². The predicted molar refractivity (Wildman–Crippen MR) is 82.2 cm³/mol. The quantitative estimate of drug-likeness (QED) is 0.173. The Kier molecular flexibility index (Phi) is 7.15. The topological polar surface area (TPSA) is 72.2 Å². The molecule has 1 aromatic carbocycles. The number of carbonyl (C=O) groups excluding carboxylic acids is 1. The zero-order valence-electron chi connectivity index (χ0n) is 15.2. The Bertz CT molecular complexity index is 963. The van der Waals surface area contributed by atoms with Gasteiger partial charge in [-0.1, -0.05) is 6.07 Å². The zero-order chi connectivity index (χ0) is 27.3. The van der Waals surface area contributed by atoms with Crippen molar-refractivity contribution in [1.29, 1.82) is 0 Å². The van der Waals surface area contributed by atoms with Crippen molar-refractivity contribution in [2.75, 3.05) is 5.32 Å². The lowest BCUT2D eigenvalue weighted by Crippen LogP contribution is -2.73. The molecule has 0 spiro atoms. The Labute approximate surface area is 181 Å². The van der Waals surface area contributed by atoms with E-state index in [1.54, 1.807) is 0 Å². The number of nitro benzene ring substituents is 1. The second-order valence-corrected chi connectivity index (χ2v) is 6.68. The van der Waals surface area contributed by atoms with Crippen molar-refractivity contribution in [3.05, 3.63) is 34.4 Å². The van der Waals surface area contributed by atoms with Crippen molar-refractivity contribution < 1.29 is 71.2 Å². The summed E-state index contributed by atoms with van der Waals surface area (Å²) >= 11 is 3.46. The van der Waals surface area contributed by atoms with Gasteiger partial charge >= 0.3 is 46.8 Å². The summed E-state index contributed by atoms with van der Waals surface area (Å²) in [6, 6.07) is 1.91. The Balaban J connectivity index is 3.50. The van der Waals surface area contributed by atoms with E-state index in [0.717, 1.165) is 0 Å². The van der Waals surface area contributed by atoms with Gasteiger partial charge in [0.05, 0.1) is 4.92 Å². The minimum atomic E-state index is -8.37. The van der Waals surface area contributed by atoms with Crippen molar-refractivity contribution >= 4 is 28.9 Å². The number of hydrogen-bond donors (Lipinski definition) is 1. The first-order valence-electron chi connectivity index (χ1n) is 7.70. The van der Waals surface area contributed by atoms with Gasteiger partial charge < -0.3 is 5.32 Å². The van der Waals surface area contributed by atoms with Gasteiger partial charge in [0, 0.05) is 17.8 Å². The van der Waals surface area contributed by atoms with E-state index in [9.17, 15) is 76.4 Å². The normalized spacial score (nSPS) is 14.7. The number of carbonyl (C=O) groups is 1. The van der Waals surface area contributed by atoms with Gasteiger partial charge in [0.2, 0.25) is 0 Å². The first kappa shape index (κ1) is 29.4. The number of alkyl halides is 15. The minimum Gasteiger partial charge on any atom is -0.320 e. The molecule has 0 saturated heterocycles. The molecule has 34 heavy (non-hydrogen) atoms. The number of rotatable bonds is 9. The molecule has 194 valence electrons. The molecular weight excluding hydrogens is 546 g/mol. The van der Waals surface area contributed by atoms with Gasteiger partial charge in [-0.3, -0.25) is 14.9 Å². The molecular formula is C14H5ClF14N2O3. The molecule has 0 unspecified atom stereocenters. The fourth-order valence-electron chi connectivity index (χ4n) is 2.02. The molecule has 0 heterocycles. The summed E-state index contributed by atoms with van der Waals surface area (Å²) in [6.07, 6.45) is 0. The molecule has 1 amide bonds. The lowest BCUT2D eigenvalue weighted by atomic mass is 9.91. The maximum Gasteiger partial charge on any atom is 0.393 e. The Morgan fingerprint density at radius 1 is 0.765 bits per heavy atom. The molecule has 0 aliphatic heterocycles. The average molecular weight is 551 g/mol. The summed E-state index contributed by atoms with van der Waals surface area (Å²) in [7, 11) is 0. The van der Waals surface area contributed by atoms with Crippen molar-refractivity contribution in [2.45, 2.75) is 40.9 Å². The molecule has 5 nitrogen and oxygen atoms in total. The SMILES string of the molecule is O=C(Nc1cccc([N+](=O)[O-])c1)C(F)(F)C(F)(F)C(F)(F)C(F)(F)C(F)(F)C(F)(F)C(F)(F)Cl. The van der Waals surface area contributed by atoms with Crippen molar-refractivity contribution in [3.63, 3.8) is 0 Å². The molecule has 0 radical (unpaired) electrons. The van der Waals surface area contributed by atoms with Gasteiger partial charge in [-0.15, -0.1) is 0 Å². The standard InChI is InChI=1S/C14H5ClF14N2O3/c15-14(28,29)13(26,27)12(24,25)11(22,23)10(20,21)9(18,19)8(16,17)7(32)30-5-2-1-3-6(4-5)31(33)34/h1-4H,(H,30,32). The summed E-state index contributed by atoms with van der Waals surface area (Å²) in [6.45, 7) is 0. The first-order chi connectivity index (χ1) is 14.8. The number of nitro groups is 1. The van der Waals surface area contributed by atoms with Crippen LogP contribution in [0.15, 0.2) is 24.3 Å². The number of non-ortho nitro benzene ring substituents is 1. The van der Waals surface area contributed by atoms with E-state index in [-0.39, 0.29) is 6.07 Å². The van der Waals surface area contributed by atoms with E-state index in [2.05, 4.69) is 11.6 Å². The lowest BCUT2D eigenvalue weighted by molar-refractivity contribution is -0.431. The highest BCUT2D eigenvalue weighted by Crippen LogP contribution is 2.62.